The van der Waals surface area contributed by atoms with Crippen molar-refractivity contribution in [3.8, 4) is 11.5 Å². The Morgan fingerprint density at radius 1 is 1.21 bits per heavy atom. The van der Waals surface area contributed by atoms with Crippen molar-refractivity contribution >= 4 is 0 Å². The van der Waals surface area contributed by atoms with E-state index in [2.05, 4.69) is 5.43 Å². The fourth-order valence-corrected chi connectivity index (χ4v) is 2.69. The Hall–Kier alpha value is -1.30. The van der Waals surface area contributed by atoms with Gasteiger partial charge >= 0.3 is 0 Å². The van der Waals surface area contributed by atoms with Gasteiger partial charge in [0.1, 0.15) is 11.5 Å². The summed E-state index contributed by atoms with van der Waals surface area (Å²) < 4.78 is 16.3. The minimum Gasteiger partial charge on any atom is -0.496 e. The van der Waals surface area contributed by atoms with E-state index in [1.165, 1.54) is 0 Å². The van der Waals surface area contributed by atoms with Gasteiger partial charge in [0, 0.05) is 13.2 Å². The SMILES string of the molecule is COc1cccc(OC)c1C(NN)C1CCOCC1. The van der Waals surface area contributed by atoms with E-state index in [-0.39, 0.29) is 6.04 Å². The van der Waals surface area contributed by atoms with Crippen LogP contribution in [0.15, 0.2) is 18.2 Å². The van der Waals surface area contributed by atoms with Gasteiger partial charge in [-0.2, -0.15) is 0 Å². The monoisotopic (exact) mass is 266 g/mol. The molecule has 0 spiro atoms. The molecular weight excluding hydrogens is 244 g/mol. The Kier molecular flexibility index (Phi) is 5.01. The van der Waals surface area contributed by atoms with Gasteiger partial charge in [0.2, 0.25) is 0 Å². The fraction of sp³-hybridized carbons (Fsp3) is 0.571. The highest BCUT2D eigenvalue weighted by atomic mass is 16.5. The maximum Gasteiger partial charge on any atom is 0.127 e. The number of benzene rings is 1. The molecule has 1 fully saturated rings. The average molecular weight is 266 g/mol. The molecule has 0 aliphatic carbocycles. The molecule has 1 aliphatic rings. The second-order valence-electron chi connectivity index (χ2n) is 4.67. The normalized spacial score (nSPS) is 18.1. The molecule has 2 rings (SSSR count). The molecule has 1 aromatic rings. The van der Waals surface area contributed by atoms with Gasteiger partial charge in [-0.25, -0.2) is 0 Å². The molecule has 106 valence electrons. The molecule has 5 nitrogen and oxygen atoms in total. The average Bonchev–Trinajstić information content (AvgIpc) is 2.49. The Morgan fingerprint density at radius 2 is 1.79 bits per heavy atom. The maximum atomic E-state index is 5.78. The highest BCUT2D eigenvalue weighted by Crippen LogP contribution is 2.39. The lowest BCUT2D eigenvalue weighted by Gasteiger charge is -2.31. The van der Waals surface area contributed by atoms with E-state index in [1.54, 1.807) is 14.2 Å². The number of hydrogen-bond acceptors (Lipinski definition) is 5. The van der Waals surface area contributed by atoms with Crippen LogP contribution >= 0.6 is 0 Å². The number of nitrogens with one attached hydrogen (secondary N) is 1. The highest BCUT2D eigenvalue weighted by molar-refractivity contribution is 5.47. The Labute approximate surface area is 114 Å². The van der Waals surface area contributed by atoms with Crippen molar-refractivity contribution < 1.29 is 14.2 Å². The minimum atomic E-state index is 0.00926. The van der Waals surface area contributed by atoms with Crippen LogP contribution in [0.4, 0.5) is 0 Å². The van der Waals surface area contributed by atoms with E-state index in [9.17, 15) is 0 Å². The van der Waals surface area contributed by atoms with Gasteiger partial charge in [0.15, 0.2) is 0 Å². The standard InChI is InChI=1S/C14H22N2O3/c1-17-11-4-3-5-12(18-2)13(11)14(16-15)10-6-8-19-9-7-10/h3-5,10,14,16H,6-9,15H2,1-2H3. The minimum absolute atomic E-state index is 0.00926. The van der Waals surface area contributed by atoms with Crippen LogP contribution in [0.5, 0.6) is 11.5 Å². The third-order valence-electron chi connectivity index (χ3n) is 3.69. The van der Waals surface area contributed by atoms with Crippen molar-refractivity contribution in [2.45, 2.75) is 18.9 Å². The zero-order valence-corrected chi connectivity index (χ0v) is 11.5. The number of methoxy groups -OCH3 is 2. The summed E-state index contributed by atoms with van der Waals surface area (Å²) >= 11 is 0. The summed E-state index contributed by atoms with van der Waals surface area (Å²) in [4.78, 5) is 0. The molecule has 1 unspecified atom stereocenters. The molecule has 0 aromatic heterocycles. The molecule has 0 radical (unpaired) electrons. The summed E-state index contributed by atoms with van der Waals surface area (Å²) in [5.41, 5.74) is 3.91. The molecule has 1 saturated heterocycles. The Balaban J connectivity index is 2.35. The number of nitrogens with two attached hydrogens (primary N) is 1. The molecule has 19 heavy (non-hydrogen) atoms. The van der Waals surface area contributed by atoms with Crippen molar-refractivity contribution in [2.75, 3.05) is 27.4 Å². The summed E-state index contributed by atoms with van der Waals surface area (Å²) in [7, 11) is 3.33. The van der Waals surface area contributed by atoms with Gasteiger partial charge in [-0.3, -0.25) is 11.3 Å². The molecule has 3 N–H and O–H groups in total. The van der Waals surface area contributed by atoms with Gasteiger partial charge in [-0.15, -0.1) is 0 Å². The van der Waals surface area contributed by atoms with Crippen LogP contribution in [-0.2, 0) is 4.74 Å². The van der Waals surface area contributed by atoms with Crippen LogP contribution in [0.3, 0.4) is 0 Å². The summed E-state index contributed by atoms with van der Waals surface area (Å²) in [5, 5.41) is 0. The lowest BCUT2D eigenvalue weighted by atomic mass is 9.86. The Morgan fingerprint density at radius 3 is 2.26 bits per heavy atom. The molecule has 1 heterocycles. The number of hydrogen-bond donors (Lipinski definition) is 2. The van der Waals surface area contributed by atoms with Gasteiger partial charge in [0.25, 0.3) is 0 Å². The first-order valence-corrected chi connectivity index (χ1v) is 6.56. The smallest absolute Gasteiger partial charge is 0.127 e. The van der Waals surface area contributed by atoms with E-state index in [0.717, 1.165) is 43.1 Å². The van der Waals surface area contributed by atoms with Crippen LogP contribution < -0.4 is 20.7 Å². The van der Waals surface area contributed by atoms with Crippen molar-refractivity contribution in [3.05, 3.63) is 23.8 Å². The first kappa shape index (κ1) is 14.1. The van der Waals surface area contributed by atoms with Crippen LogP contribution in [0.2, 0.25) is 0 Å². The number of hydrazine groups is 1. The van der Waals surface area contributed by atoms with Crippen molar-refractivity contribution in [2.24, 2.45) is 11.8 Å². The quantitative estimate of drug-likeness (QED) is 0.626. The lowest BCUT2D eigenvalue weighted by molar-refractivity contribution is 0.0529. The Bertz CT molecular complexity index is 383. The molecule has 0 bridgehead atoms. The molecule has 0 saturated carbocycles. The van der Waals surface area contributed by atoms with Gasteiger partial charge in [-0.1, -0.05) is 6.07 Å². The summed E-state index contributed by atoms with van der Waals surface area (Å²) in [6.07, 6.45) is 1.96. The first-order chi connectivity index (χ1) is 9.31. The predicted molar refractivity (Wildman–Crippen MR) is 73.2 cm³/mol. The zero-order chi connectivity index (χ0) is 13.7. The van der Waals surface area contributed by atoms with E-state index >= 15 is 0 Å². The molecule has 1 atom stereocenters. The van der Waals surface area contributed by atoms with E-state index in [1.807, 2.05) is 18.2 Å². The molecular formula is C14H22N2O3. The maximum absolute atomic E-state index is 5.78. The summed E-state index contributed by atoms with van der Waals surface area (Å²) in [6.45, 7) is 1.56. The van der Waals surface area contributed by atoms with E-state index in [0.29, 0.717) is 5.92 Å². The molecule has 1 aromatic carbocycles. The van der Waals surface area contributed by atoms with Gasteiger partial charge in [-0.05, 0) is 30.9 Å². The number of rotatable bonds is 5. The highest BCUT2D eigenvalue weighted by Gasteiger charge is 2.29. The number of ether oxygens (including phenoxy) is 3. The van der Waals surface area contributed by atoms with Crippen LogP contribution in [-0.4, -0.2) is 27.4 Å². The third kappa shape index (κ3) is 3.00. The second-order valence-corrected chi connectivity index (χ2v) is 4.67. The van der Waals surface area contributed by atoms with Crippen LogP contribution in [0, 0.1) is 5.92 Å². The zero-order valence-electron chi connectivity index (χ0n) is 11.5. The van der Waals surface area contributed by atoms with Crippen LogP contribution in [0.1, 0.15) is 24.4 Å². The van der Waals surface area contributed by atoms with E-state index < -0.39 is 0 Å². The summed E-state index contributed by atoms with van der Waals surface area (Å²) in [5.74, 6) is 7.80. The van der Waals surface area contributed by atoms with Crippen LogP contribution in [0.25, 0.3) is 0 Å². The van der Waals surface area contributed by atoms with Crippen molar-refractivity contribution in [3.63, 3.8) is 0 Å². The lowest BCUT2D eigenvalue weighted by Crippen LogP contribution is -2.36. The molecule has 0 amide bonds. The van der Waals surface area contributed by atoms with Gasteiger partial charge in [0.05, 0.1) is 25.8 Å². The topological polar surface area (TPSA) is 65.7 Å². The predicted octanol–water partition coefficient (Wildman–Crippen LogP) is 1.63. The molecule has 1 aliphatic heterocycles. The largest absolute Gasteiger partial charge is 0.496 e. The summed E-state index contributed by atoms with van der Waals surface area (Å²) in [6, 6.07) is 5.79. The fourth-order valence-electron chi connectivity index (χ4n) is 2.69. The van der Waals surface area contributed by atoms with Crippen molar-refractivity contribution in [1.82, 2.24) is 5.43 Å². The van der Waals surface area contributed by atoms with E-state index in [4.69, 9.17) is 20.1 Å². The third-order valence-corrected chi connectivity index (χ3v) is 3.69. The first-order valence-electron chi connectivity index (χ1n) is 6.56. The second kappa shape index (κ2) is 6.75. The molecule has 5 heteroatoms. The van der Waals surface area contributed by atoms with Crippen molar-refractivity contribution in [1.29, 1.82) is 0 Å². The van der Waals surface area contributed by atoms with Gasteiger partial charge < -0.3 is 14.2 Å².